The standard InChI is InChI=1S/C10H24N2O2Si/c1-6-12(2)10(13)11-9-14-7-8-15(3,4)5/h6-9H2,1-5H3,(H,11,13). The lowest BCUT2D eigenvalue weighted by Gasteiger charge is -2.17. The maximum absolute atomic E-state index is 11.3. The highest BCUT2D eigenvalue weighted by atomic mass is 28.3. The van der Waals surface area contributed by atoms with Gasteiger partial charge in [0.1, 0.15) is 6.73 Å². The van der Waals surface area contributed by atoms with Crippen LogP contribution >= 0.6 is 0 Å². The smallest absolute Gasteiger partial charge is 0.318 e. The van der Waals surface area contributed by atoms with Crippen molar-refractivity contribution >= 4 is 14.1 Å². The number of nitrogens with zero attached hydrogens (tertiary/aromatic N) is 1. The maximum atomic E-state index is 11.3. The minimum atomic E-state index is -1.01. The van der Waals surface area contributed by atoms with E-state index in [1.807, 2.05) is 6.92 Å². The van der Waals surface area contributed by atoms with E-state index < -0.39 is 8.07 Å². The van der Waals surface area contributed by atoms with Crippen LogP contribution in [0.4, 0.5) is 4.79 Å². The predicted octanol–water partition coefficient (Wildman–Crippen LogP) is 1.96. The average molecular weight is 232 g/mol. The molecule has 0 heterocycles. The monoisotopic (exact) mass is 232 g/mol. The number of rotatable bonds is 6. The molecule has 0 saturated carbocycles. The Morgan fingerprint density at radius 1 is 1.40 bits per heavy atom. The normalized spacial score (nSPS) is 11.3. The van der Waals surface area contributed by atoms with Gasteiger partial charge in [-0.1, -0.05) is 19.6 Å². The molecule has 0 atom stereocenters. The van der Waals surface area contributed by atoms with E-state index in [-0.39, 0.29) is 6.03 Å². The fourth-order valence-corrected chi connectivity index (χ4v) is 1.60. The van der Waals surface area contributed by atoms with Crippen LogP contribution in [-0.4, -0.2) is 45.9 Å². The fourth-order valence-electron chi connectivity index (χ4n) is 0.842. The first-order valence-corrected chi connectivity index (χ1v) is 9.14. The van der Waals surface area contributed by atoms with Gasteiger partial charge in [-0.2, -0.15) is 0 Å². The zero-order valence-electron chi connectivity index (χ0n) is 10.6. The van der Waals surface area contributed by atoms with Gasteiger partial charge in [0.2, 0.25) is 0 Å². The van der Waals surface area contributed by atoms with E-state index in [9.17, 15) is 4.79 Å². The summed E-state index contributed by atoms with van der Waals surface area (Å²) in [6.45, 7) is 10.6. The van der Waals surface area contributed by atoms with Crippen molar-refractivity contribution in [3.05, 3.63) is 0 Å². The molecule has 0 saturated heterocycles. The molecule has 0 unspecified atom stereocenters. The van der Waals surface area contributed by atoms with Crippen molar-refractivity contribution in [1.82, 2.24) is 10.2 Å². The van der Waals surface area contributed by atoms with E-state index in [4.69, 9.17) is 4.74 Å². The van der Waals surface area contributed by atoms with Crippen molar-refractivity contribution in [3.8, 4) is 0 Å². The molecule has 0 aliphatic rings. The SMILES string of the molecule is CCN(C)C(=O)NCOCC[Si](C)(C)C. The van der Waals surface area contributed by atoms with Gasteiger partial charge in [0.15, 0.2) is 0 Å². The molecule has 90 valence electrons. The van der Waals surface area contributed by atoms with Gasteiger partial charge in [0, 0.05) is 28.3 Å². The second-order valence-corrected chi connectivity index (χ2v) is 10.5. The van der Waals surface area contributed by atoms with Crippen LogP contribution in [0, 0.1) is 0 Å². The molecule has 0 fully saturated rings. The largest absolute Gasteiger partial charge is 0.361 e. The zero-order valence-corrected chi connectivity index (χ0v) is 11.6. The number of ether oxygens (including phenoxy) is 1. The summed E-state index contributed by atoms with van der Waals surface area (Å²) in [6.07, 6.45) is 0. The Labute approximate surface area is 94.0 Å². The van der Waals surface area contributed by atoms with E-state index in [1.54, 1.807) is 11.9 Å². The highest BCUT2D eigenvalue weighted by molar-refractivity contribution is 6.76. The summed E-state index contributed by atoms with van der Waals surface area (Å²) in [7, 11) is 0.750. The summed E-state index contributed by atoms with van der Waals surface area (Å²) in [5.41, 5.74) is 0. The van der Waals surface area contributed by atoms with Crippen LogP contribution in [0.1, 0.15) is 6.92 Å². The van der Waals surface area contributed by atoms with Crippen LogP contribution in [0.2, 0.25) is 25.7 Å². The molecule has 0 rings (SSSR count). The third-order valence-corrected chi connectivity index (χ3v) is 3.85. The first-order valence-electron chi connectivity index (χ1n) is 5.43. The summed E-state index contributed by atoms with van der Waals surface area (Å²) >= 11 is 0. The Balaban J connectivity index is 3.43. The average Bonchev–Trinajstić information content (AvgIpc) is 2.14. The molecule has 4 nitrogen and oxygen atoms in total. The van der Waals surface area contributed by atoms with Gasteiger partial charge >= 0.3 is 6.03 Å². The molecule has 2 amide bonds. The van der Waals surface area contributed by atoms with Crippen LogP contribution in [0.5, 0.6) is 0 Å². The zero-order chi connectivity index (χ0) is 11.9. The molecule has 0 spiro atoms. The fraction of sp³-hybridized carbons (Fsp3) is 0.900. The first-order chi connectivity index (χ1) is 6.87. The Morgan fingerprint density at radius 2 is 2.00 bits per heavy atom. The minimum absolute atomic E-state index is 0.0782. The van der Waals surface area contributed by atoms with Gasteiger partial charge in [0.25, 0.3) is 0 Å². The molecule has 0 aromatic heterocycles. The number of carbonyl (C=O) groups is 1. The molecule has 5 heteroatoms. The van der Waals surface area contributed by atoms with Gasteiger partial charge < -0.3 is 15.0 Å². The van der Waals surface area contributed by atoms with E-state index in [0.717, 1.165) is 12.7 Å². The lowest BCUT2D eigenvalue weighted by atomic mass is 10.6. The number of amides is 2. The number of hydrogen-bond acceptors (Lipinski definition) is 2. The second-order valence-electron chi connectivity index (χ2n) is 4.86. The molecule has 0 aliphatic carbocycles. The molecule has 0 aromatic carbocycles. The quantitative estimate of drug-likeness (QED) is 0.432. The van der Waals surface area contributed by atoms with E-state index in [2.05, 4.69) is 25.0 Å². The summed E-state index contributed by atoms with van der Waals surface area (Å²) < 4.78 is 5.35. The minimum Gasteiger partial charge on any atom is -0.361 e. The number of urea groups is 1. The van der Waals surface area contributed by atoms with E-state index >= 15 is 0 Å². The summed E-state index contributed by atoms with van der Waals surface area (Å²) in [5.74, 6) is 0. The van der Waals surface area contributed by atoms with E-state index in [0.29, 0.717) is 13.3 Å². The van der Waals surface area contributed by atoms with Crippen LogP contribution in [0.25, 0.3) is 0 Å². The van der Waals surface area contributed by atoms with Gasteiger partial charge in [-0.15, -0.1) is 0 Å². The summed E-state index contributed by atoms with van der Waals surface area (Å²) in [5, 5.41) is 2.70. The molecular weight excluding hydrogens is 208 g/mol. The van der Waals surface area contributed by atoms with Crippen molar-refractivity contribution in [3.63, 3.8) is 0 Å². The van der Waals surface area contributed by atoms with Gasteiger partial charge in [-0.3, -0.25) is 0 Å². The second kappa shape index (κ2) is 6.84. The van der Waals surface area contributed by atoms with Crippen molar-refractivity contribution in [2.45, 2.75) is 32.6 Å². The number of hydrogen-bond donors (Lipinski definition) is 1. The molecule has 15 heavy (non-hydrogen) atoms. The lowest BCUT2D eigenvalue weighted by Crippen LogP contribution is -2.38. The van der Waals surface area contributed by atoms with Crippen LogP contribution < -0.4 is 5.32 Å². The highest BCUT2D eigenvalue weighted by Crippen LogP contribution is 2.06. The molecule has 0 aliphatic heterocycles. The Bertz CT molecular complexity index is 192. The van der Waals surface area contributed by atoms with Crippen molar-refractivity contribution in [2.24, 2.45) is 0 Å². The van der Waals surface area contributed by atoms with Crippen molar-refractivity contribution in [1.29, 1.82) is 0 Å². The Kier molecular flexibility index (Phi) is 6.59. The van der Waals surface area contributed by atoms with E-state index in [1.165, 1.54) is 0 Å². The highest BCUT2D eigenvalue weighted by Gasteiger charge is 2.12. The molecule has 0 radical (unpaired) electrons. The summed E-state index contributed by atoms with van der Waals surface area (Å²) in [4.78, 5) is 12.9. The van der Waals surface area contributed by atoms with Gasteiger partial charge in [-0.05, 0) is 13.0 Å². The Morgan fingerprint density at radius 3 is 2.47 bits per heavy atom. The first kappa shape index (κ1) is 14.4. The third kappa shape index (κ3) is 8.44. The van der Waals surface area contributed by atoms with Crippen LogP contribution in [0.15, 0.2) is 0 Å². The predicted molar refractivity (Wildman–Crippen MR) is 65.8 cm³/mol. The number of carbonyl (C=O) groups excluding carboxylic acids is 1. The molecule has 0 aromatic rings. The van der Waals surface area contributed by atoms with Crippen LogP contribution in [0.3, 0.4) is 0 Å². The van der Waals surface area contributed by atoms with Crippen molar-refractivity contribution in [2.75, 3.05) is 26.9 Å². The van der Waals surface area contributed by atoms with Gasteiger partial charge in [0.05, 0.1) is 0 Å². The topological polar surface area (TPSA) is 41.6 Å². The van der Waals surface area contributed by atoms with Crippen LogP contribution in [-0.2, 0) is 4.74 Å². The summed E-state index contributed by atoms with van der Waals surface area (Å²) in [6, 6.07) is 1.05. The maximum Gasteiger partial charge on any atom is 0.318 e. The third-order valence-electron chi connectivity index (χ3n) is 2.14. The molecule has 1 N–H and O–H groups in total. The van der Waals surface area contributed by atoms with Gasteiger partial charge in [-0.25, -0.2) is 4.79 Å². The molecular formula is C10H24N2O2Si. The Hall–Kier alpha value is -0.553. The molecule has 0 bridgehead atoms. The lowest BCUT2D eigenvalue weighted by molar-refractivity contribution is 0.124. The number of nitrogens with one attached hydrogen (secondary N) is 1. The van der Waals surface area contributed by atoms with Crippen molar-refractivity contribution < 1.29 is 9.53 Å².